The second-order valence-electron chi connectivity index (χ2n) is 5.07. The zero-order valence-electron chi connectivity index (χ0n) is 13.5. The van der Waals surface area contributed by atoms with Crippen LogP contribution in [-0.2, 0) is 4.57 Å². The molecular weight excluding hydrogens is 315 g/mol. The summed E-state index contributed by atoms with van der Waals surface area (Å²) >= 11 is 0. The topological polar surface area (TPSA) is 81.5 Å². The summed E-state index contributed by atoms with van der Waals surface area (Å²) in [6.07, 6.45) is 4.37. The van der Waals surface area contributed by atoms with E-state index in [2.05, 4.69) is 9.97 Å². The Kier molecular flexibility index (Phi) is 5.74. The van der Waals surface area contributed by atoms with Crippen LogP contribution in [0.3, 0.4) is 0 Å². The van der Waals surface area contributed by atoms with Crippen molar-refractivity contribution in [3.8, 4) is 22.9 Å². The van der Waals surface area contributed by atoms with E-state index in [9.17, 15) is 9.46 Å². The lowest BCUT2D eigenvalue weighted by Gasteiger charge is -2.20. The van der Waals surface area contributed by atoms with Gasteiger partial charge in [0.2, 0.25) is 11.8 Å². The predicted molar refractivity (Wildman–Crippen MR) is 88.8 cm³/mol. The van der Waals surface area contributed by atoms with E-state index in [0.29, 0.717) is 18.7 Å². The van der Waals surface area contributed by atoms with E-state index in [-0.39, 0.29) is 11.5 Å². The summed E-state index contributed by atoms with van der Waals surface area (Å²) in [6.45, 7) is 3.73. The molecule has 2 heterocycles. The molecule has 2 aromatic heterocycles. The van der Waals surface area contributed by atoms with Crippen LogP contribution < -0.4 is 9.26 Å². The van der Waals surface area contributed by atoms with Gasteiger partial charge in [0, 0.05) is 29.6 Å². The van der Waals surface area contributed by atoms with E-state index >= 15 is 0 Å². The van der Waals surface area contributed by atoms with Crippen LogP contribution >= 0.6 is 7.60 Å². The first-order chi connectivity index (χ1) is 11.0. The number of ether oxygens (including phenoxy) is 1. The maximum Gasteiger partial charge on any atom is 0.380 e. The van der Waals surface area contributed by atoms with Crippen molar-refractivity contribution in [1.29, 1.82) is 0 Å². The van der Waals surface area contributed by atoms with Crippen molar-refractivity contribution >= 4 is 7.60 Å². The van der Waals surface area contributed by atoms with Crippen molar-refractivity contribution in [2.75, 3.05) is 7.11 Å². The molecule has 0 fully saturated rings. The maximum atomic E-state index is 12.3. The van der Waals surface area contributed by atoms with Crippen LogP contribution in [0.25, 0.3) is 11.1 Å². The van der Waals surface area contributed by atoms with Gasteiger partial charge in [0.05, 0.1) is 12.8 Å². The van der Waals surface area contributed by atoms with Gasteiger partial charge >= 0.3 is 7.60 Å². The van der Waals surface area contributed by atoms with Gasteiger partial charge in [-0.25, -0.2) is 14.5 Å². The van der Waals surface area contributed by atoms with Crippen molar-refractivity contribution < 1.29 is 18.7 Å². The summed E-state index contributed by atoms with van der Waals surface area (Å²) in [4.78, 5) is 18.3. The van der Waals surface area contributed by atoms with E-state index in [1.54, 1.807) is 37.7 Å². The number of pyridine rings is 2. The predicted octanol–water partition coefficient (Wildman–Crippen LogP) is 3.91. The fraction of sp³-hybridized carbons (Fsp3) is 0.375. The molecule has 124 valence electrons. The van der Waals surface area contributed by atoms with Crippen molar-refractivity contribution in [3.63, 3.8) is 0 Å². The SMILES string of the molecule is CCC(CC)P(=O)(O)Oc1ccc(-c2cccnc2OC)cn1. The Morgan fingerprint density at radius 2 is 1.96 bits per heavy atom. The lowest BCUT2D eigenvalue weighted by atomic mass is 10.1. The highest BCUT2D eigenvalue weighted by Crippen LogP contribution is 2.49. The molecule has 1 atom stereocenters. The molecule has 0 aliphatic carbocycles. The van der Waals surface area contributed by atoms with Gasteiger partial charge < -0.3 is 14.2 Å². The van der Waals surface area contributed by atoms with Gasteiger partial charge in [0.15, 0.2) is 0 Å². The summed E-state index contributed by atoms with van der Waals surface area (Å²) in [7, 11) is -2.18. The number of hydrogen-bond acceptors (Lipinski definition) is 5. The Bertz CT molecular complexity index is 687. The lowest BCUT2D eigenvalue weighted by Crippen LogP contribution is -2.10. The highest BCUT2D eigenvalue weighted by molar-refractivity contribution is 7.54. The molecule has 2 rings (SSSR count). The van der Waals surface area contributed by atoms with Crippen LogP contribution in [0.2, 0.25) is 0 Å². The highest BCUT2D eigenvalue weighted by Gasteiger charge is 2.31. The first kappa shape index (κ1) is 17.4. The lowest BCUT2D eigenvalue weighted by molar-refractivity contribution is 0.355. The van der Waals surface area contributed by atoms with Crippen LogP contribution in [0.5, 0.6) is 11.8 Å². The first-order valence-electron chi connectivity index (χ1n) is 7.49. The third-order valence-electron chi connectivity index (χ3n) is 3.64. The minimum absolute atomic E-state index is 0.134. The van der Waals surface area contributed by atoms with Crippen LogP contribution in [0.4, 0.5) is 0 Å². The van der Waals surface area contributed by atoms with E-state index < -0.39 is 7.60 Å². The molecule has 0 saturated carbocycles. The van der Waals surface area contributed by atoms with Crippen LogP contribution in [-0.4, -0.2) is 27.6 Å². The molecule has 7 heteroatoms. The molecule has 0 saturated heterocycles. The number of rotatable bonds is 7. The van der Waals surface area contributed by atoms with E-state index in [1.165, 1.54) is 0 Å². The number of hydrogen-bond donors (Lipinski definition) is 1. The molecule has 0 radical (unpaired) electrons. The van der Waals surface area contributed by atoms with Crippen molar-refractivity contribution in [2.45, 2.75) is 32.3 Å². The van der Waals surface area contributed by atoms with E-state index in [4.69, 9.17) is 9.26 Å². The van der Waals surface area contributed by atoms with Crippen molar-refractivity contribution in [3.05, 3.63) is 36.7 Å². The fourth-order valence-corrected chi connectivity index (χ4v) is 3.77. The van der Waals surface area contributed by atoms with Crippen LogP contribution in [0.15, 0.2) is 36.7 Å². The Labute approximate surface area is 136 Å². The smallest absolute Gasteiger partial charge is 0.380 e. The molecule has 0 aliphatic rings. The second-order valence-corrected chi connectivity index (χ2v) is 7.11. The Hall–Kier alpha value is -1.91. The van der Waals surface area contributed by atoms with Gasteiger partial charge in [-0.05, 0) is 31.0 Å². The van der Waals surface area contributed by atoms with E-state index in [1.807, 2.05) is 19.9 Å². The summed E-state index contributed by atoms with van der Waals surface area (Å²) < 4.78 is 22.7. The van der Waals surface area contributed by atoms with Gasteiger partial charge in [-0.1, -0.05) is 13.8 Å². The third kappa shape index (κ3) is 4.09. The van der Waals surface area contributed by atoms with Gasteiger partial charge in [-0.2, -0.15) is 0 Å². The van der Waals surface area contributed by atoms with Gasteiger partial charge in [0.25, 0.3) is 0 Å². The van der Waals surface area contributed by atoms with Gasteiger partial charge in [0.1, 0.15) is 0 Å². The van der Waals surface area contributed by atoms with E-state index in [0.717, 1.165) is 11.1 Å². The molecule has 0 aliphatic heterocycles. The quantitative estimate of drug-likeness (QED) is 0.772. The van der Waals surface area contributed by atoms with Crippen LogP contribution in [0, 0.1) is 0 Å². The summed E-state index contributed by atoms with van der Waals surface area (Å²) in [6, 6.07) is 7.00. The monoisotopic (exact) mass is 336 g/mol. The Balaban J connectivity index is 2.21. The van der Waals surface area contributed by atoms with Crippen molar-refractivity contribution in [1.82, 2.24) is 9.97 Å². The summed E-state index contributed by atoms with van der Waals surface area (Å²) in [5, 5.41) is 0. The van der Waals surface area contributed by atoms with Crippen LogP contribution in [0.1, 0.15) is 26.7 Å². The zero-order valence-corrected chi connectivity index (χ0v) is 14.4. The maximum absolute atomic E-state index is 12.3. The molecular formula is C16H21N2O4P. The average molecular weight is 336 g/mol. The summed E-state index contributed by atoms with van der Waals surface area (Å²) in [5.74, 6) is 0.627. The average Bonchev–Trinajstić information content (AvgIpc) is 2.56. The second kappa shape index (κ2) is 7.57. The standard InChI is InChI=1S/C16H21N2O4P/c1-4-13(5-2)23(19,20)22-15-9-8-12(11-18-15)14-7-6-10-17-16(14)21-3/h6-11,13H,4-5H2,1-3H3,(H,19,20). The molecule has 1 N–H and O–H groups in total. The normalized spacial score (nSPS) is 13.6. The molecule has 2 aromatic rings. The zero-order chi connectivity index (χ0) is 16.9. The molecule has 6 nitrogen and oxygen atoms in total. The molecule has 0 aromatic carbocycles. The molecule has 0 amide bonds. The largest absolute Gasteiger partial charge is 0.481 e. The Morgan fingerprint density at radius 1 is 1.22 bits per heavy atom. The minimum Gasteiger partial charge on any atom is -0.481 e. The molecule has 23 heavy (non-hydrogen) atoms. The Morgan fingerprint density at radius 3 is 2.52 bits per heavy atom. The molecule has 1 unspecified atom stereocenters. The highest BCUT2D eigenvalue weighted by atomic mass is 31.2. The van der Waals surface area contributed by atoms with Gasteiger partial charge in [-0.15, -0.1) is 0 Å². The minimum atomic E-state index is -3.73. The third-order valence-corrected chi connectivity index (χ3v) is 5.74. The number of aromatic nitrogens is 2. The number of methoxy groups -OCH3 is 1. The van der Waals surface area contributed by atoms with Gasteiger partial charge in [-0.3, -0.25) is 0 Å². The summed E-state index contributed by atoms with van der Waals surface area (Å²) in [5.41, 5.74) is 1.20. The fourth-order valence-electron chi connectivity index (χ4n) is 2.33. The van der Waals surface area contributed by atoms with Crippen molar-refractivity contribution in [2.24, 2.45) is 0 Å². The molecule has 0 bridgehead atoms. The molecule has 0 spiro atoms. The number of nitrogens with zero attached hydrogens (tertiary/aromatic N) is 2. The first-order valence-corrected chi connectivity index (χ1v) is 9.14.